The molecule has 2 N–H and O–H groups in total. The van der Waals surface area contributed by atoms with Crippen LogP contribution >= 0.6 is 0 Å². The van der Waals surface area contributed by atoms with E-state index in [0.717, 1.165) is 25.0 Å². The van der Waals surface area contributed by atoms with Crippen molar-refractivity contribution in [3.63, 3.8) is 0 Å². The zero-order valence-electron chi connectivity index (χ0n) is 9.65. The van der Waals surface area contributed by atoms with Crippen LogP contribution in [0.3, 0.4) is 0 Å². The van der Waals surface area contributed by atoms with Crippen LogP contribution in [-0.2, 0) is 0 Å². The molecule has 0 radical (unpaired) electrons. The van der Waals surface area contributed by atoms with E-state index in [1.54, 1.807) is 0 Å². The average Bonchev–Trinajstić information content (AvgIpc) is 2.42. The van der Waals surface area contributed by atoms with Crippen LogP contribution in [0.4, 0.5) is 0 Å². The maximum atomic E-state index is 9.94. The molecule has 1 rings (SSSR count). The Balaban J connectivity index is 2.79. The van der Waals surface area contributed by atoms with Gasteiger partial charge in [0.2, 0.25) is 0 Å². The second-order valence-corrected chi connectivity index (χ2v) is 4.07. The Hall–Kier alpha value is -0.760. The van der Waals surface area contributed by atoms with Crippen LogP contribution in [0.1, 0.15) is 54.8 Å². The maximum absolute atomic E-state index is 9.94. The average molecular weight is 195 g/mol. The number of aliphatic hydroxyl groups excluding tert-OH is 1. The minimum absolute atomic E-state index is 0.317. The molecule has 0 saturated carbocycles. The van der Waals surface area contributed by atoms with Crippen LogP contribution in [-0.4, -0.2) is 10.1 Å². The summed E-state index contributed by atoms with van der Waals surface area (Å²) in [7, 11) is 0. The van der Waals surface area contributed by atoms with Crippen molar-refractivity contribution < 1.29 is 5.11 Å². The Morgan fingerprint density at radius 1 is 1.21 bits per heavy atom. The van der Waals surface area contributed by atoms with Gasteiger partial charge in [0.1, 0.15) is 0 Å². The number of hydrogen-bond acceptors (Lipinski definition) is 1. The second kappa shape index (κ2) is 4.65. The zero-order valence-corrected chi connectivity index (χ0v) is 9.65. The molecular formula is C12H21NO. The molecule has 0 aliphatic carbocycles. The van der Waals surface area contributed by atoms with Crippen LogP contribution < -0.4 is 0 Å². The Morgan fingerprint density at radius 3 is 2.29 bits per heavy atom. The van der Waals surface area contributed by atoms with Crippen LogP contribution in [0.25, 0.3) is 0 Å². The van der Waals surface area contributed by atoms with Gasteiger partial charge in [0, 0.05) is 11.4 Å². The van der Waals surface area contributed by atoms with Crippen LogP contribution in [0.5, 0.6) is 0 Å². The standard InChI is InChI=1S/C12H21NO/c1-5-6-7-11(14)12-9(3)8(2)10(4)13-12/h11,13-14H,5-7H2,1-4H3. The fourth-order valence-electron chi connectivity index (χ4n) is 1.75. The summed E-state index contributed by atoms with van der Waals surface area (Å²) in [5, 5.41) is 9.94. The third-order valence-electron chi connectivity index (χ3n) is 3.02. The highest BCUT2D eigenvalue weighted by atomic mass is 16.3. The lowest BCUT2D eigenvalue weighted by Gasteiger charge is -2.09. The SMILES string of the molecule is CCCCC(O)c1[nH]c(C)c(C)c1C. The van der Waals surface area contributed by atoms with E-state index in [1.807, 2.05) is 0 Å². The first-order valence-electron chi connectivity index (χ1n) is 5.41. The number of H-pyrrole nitrogens is 1. The number of rotatable bonds is 4. The van der Waals surface area contributed by atoms with Gasteiger partial charge in [-0.05, 0) is 38.3 Å². The van der Waals surface area contributed by atoms with E-state index in [0.29, 0.717) is 0 Å². The Kier molecular flexibility index (Phi) is 3.76. The van der Waals surface area contributed by atoms with E-state index in [1.165, 1.54) is 16.8 Å². The first-order valence-corrected chi connectivity index (χ1v) is 5.41. The Morgan fingerprint density at radius 2 is 1.86 bits per heavy atom. The molecule has 0 aliphatic heterocycles. The summed E-state index contributed by atoms with van der Waals surface area (Å²) in [4.78, 5) is 3.27. The van der Waals surface area contributed by atoms with Gasteiger partial charge in [0.25, 0.3) is 0 Å². The third kappa shape index (κ3) is 2.18. The molecule has 0 aromatic carbocycles. The first-order chi connectivity index (χ1) is 6.57. The molecule has 1 unspecified atom stereocenters. The highest BCUT2D eigenvalue weighted by molar-refractivity contribution is 5.35. The molecule has 2 heteroatoms. The fourth-order valence-corrected chi connectivity index (χ4v) is 1.75. The van der Waals surface area contributed by atoms with Crippen molar-refractivity contribution in [2.75, 3.05) is 0 Å². The van der Waals surface area contributed by atoms with Crippen LogP contribution in [0.15, 0.2) is 0 Å². The highest BCUT2D eigenvalue weighted by Gasteiger charge is 2.14. The fraction of sp³-hybridized carbons (Fsp3) is 0.667. The molecule has 0 bridgehead atoms. The summed E-state index contributed by atoms with van der Waals surface area (Å²) < 4.78 is 0. The molecule has 0 aliphatic rings. The van der Waals surface area contributed by atoms with Gasteiger partial charge in [-0.3, -0.25) is 0 Å². The van der Waals surface area contributed by atoms with Gasteiger partial charge in [-0.15, -0.1) is 0 Å². The monoisotopic (exact) mass is 195 g/mol. The second-order valence-electron chi connectivity index (χ2n) is 4.07. The number of unbranched alkanes of at least 4 members (excludes halogenated alkanes) is 1. The molecule has 0 spiro atoms. The quantitative estimate of drug-likeness (QED) is 0.760. The number of aromatic amines is 1. The van der Waals surface area contributed by atoms with E-state index < -0.39 is 0 Å². The molecule has 0 fully saturated rings. The summed E-state index contributed by atoms with van der Waals surface area (Å²) in [5.41, 5.74) is 4.67. The number of nitrogens with one attached hydrogen (secondary N) is 1. The molecule has 1 aromatic rings. The summed E-state index contributed by atoms with van der Waals surface area (Å²) in [6, 6.07) is 0. The van der Waals surface area contributed by atoms with Gasteiger partial charge in [0.05, 0.1) is 6.10 Å². The van der Waals surface area contributed by atoms with Crippen molar-refractivity contribution >= 4 is 0 Å². The normalized spacial score (nSPS) is 13.2. The van der Waals surface area contributed by atoms with Crippen molar-refractivity contribution in [1.29, 1.82) is 0 Å². The van der Waals surface area contributed by atoms with Crippen molar-refractivity contribution in [2.24, 2.45) is 0 Å². The van der Waals surface area contributed by atoms with Gasteiger partial charge in [-0.2, -0.15) is 0 Å². The lowest BCUT2D eigenvalue weighted by molar-refractivity contribution is 0.159. The van der Waals surface area contributed by atoms with Gasteiger partial charge >= 0.3 is 0 Å². The lowest BCUT2D eigenvalue weighted by Crippen LogP contribution is -1.99. The topological polar surface area (TPSA) is 36.0 Å². The predicted octanol–water partition coefficient (Wildman–Crippen LogP) is 3.16. The smallest absolute Gasteiger partial charge is 0.0940 e. The van der Waals surface area contributed by atoms with Gasteiger partial charge < -0.3 is 10.1 Å². The van der Waals surface area contributed by atoms with Crippen LogP contribution in [0, 0.1) is 20.8 Å². The van der Waals surface area contributed by atoms with Crippen molar-refractivity contribution in [3.8, 4) is 0 Å². The minimum Gasteiger partial charge on any atom is -0.387 e. The predicted molar refractivity (Wildman–Crippen MR) is 59.5 cm³/mol. The van der Waals surface area contributed by atoms with E-state index >= 15 is 0 Å². The van der Waals surface area contributed by atoms with Gasteiger partial charge in [-0.25, -0.2) is 0 Å². The Bertz CT molecular complexity index is 302. The molecule has 80 valence electrons. The summed E-state index contributed by atoms with van der Waals surface area (Å²) in [6.07, 6.45) is 2.76. The molecule has 1 atom stereocenters. The molecule has 2 nitrogen and oxygen atoms in total. The van der Waals surface area contributed by atoms with Gasteiger partial charge in [0.15, 0.2) is 0 Å². The zero-order chi connectivity index (χ0) is 10.7. The summed E-state index contributed by atoms with van der Waals surface area (Å²) in [5.74, 6) is 0. The van der Waals surface area contributed by atoms with Gasteiger partial charge in [-0.1, -0.05) is 19.8 Å². The largest absolute Gasteiger partial charge is 0.387 e. The molecule has 14 heavy (non-hydrogen) atoms. The molecular weight excluding hydrogens is 174 g/mol. The summed E-state index contributed by atoms with van der Waals surface area (Å²) >= 11 is 0. The number of hydrogen-bond donors (Lipinski definition) is 2. The highest BCUT2D eigenvalue weighted by Crippen LogP contribution is 2.25. The van der Waals surface area contributed by atoms with Crippen molar-refractivity contribution in [1.82, 2.24) is 4.98 Å². The number of aliphatic hydroxyl groups is 1. The van der Waals surface area contributed by atoms with E-state index in [2.05, 4.69) is 32.7 Å². The number of aryl methyl sites for hydroxylation is 1. The molecule has 0 amide bonds. The Labute approximate surface area is 86.4 Å². The molecule has 0 saturated heterocycles. The maximum Gasteiger partial charge on any atom is 0.0940 e. The van der Waals surface area contributed by atoms with Crippen molar-refractivity contribution in [3.05, 3.63) is 22.5 Å². The van der Waals surface area contributed by atoms with E-state index in [9.17, 15) is 5.11 Å². The summed E-state index contributed by atoms with van der Waals surface area (Å²) in [6.45, 7) is 8.36. The van der Waals surface area contributed by atoms with E-state index in [4.69, 9.17) is 0 Å². The van der Waals surface area contributed by atoms with Crippen LogP contribution in [0.2, 0.25) is 0 Å². The van der Waals surface area contributed by atoms with E-state index in [-0.39, 0.29) is 6.10 Å². The molecule has 1 heterocycles. The minimum atomic E-state index is -0.317. The first kappa shape index (κ1) is 11.3. The lowest BCUT2D eigenvalue weighted by atomic mass is 10.0. The van der Waals surface area contributed by atoms with Crippen molar-refractivity contribution in [2.45, 2.75) is 53.1 Å². The number of aromatic nitrogens is 1. The third-order valence-corrected chi connectivity index (χ3v) is 3.02. The molecule has 1 aromatic heterocycles.